The van der Waals surface area contributed by atoms with Crippen LogP contribution >= 0.6 is 27.5 Å². The Morgan fingerprint density at radius 3 is 2.76 bits per heavy atom. The predicted molar refractivity (Wildman–Crippen MR) is 90.9 cm³/mol. The van der Waals surface area contributed by atoms with Crippen molar-refractivity contribution in [2.24, 2.45) is 5.92 Å². The van der Waals surface area contributed by atoms with Gasteiger partial charge in [-0.2, -0.15) is 0 Å². The van der Waals surface area contributed by atoms with Crippen molar-refractivity contribution >= 4 is 33.4 Å². The van der Waals surface area contributed by atoms with Gasteiger partial charge in [-0.15, -0.1) is 0 Å². The van der Waals surface area contributed by atoms with Gasteiger partial charge in [0.1, 0.15) is 0 Å². The monoisotopic (exact) mass is 372 g/mol. The van der Waals surface area contributed by atoms with Gasteiger partial charge in [-0.25, -0.2) is 0 Å². The number of rotatable bonds is 5. The molecule has 1 saturated heterocycles. The molecule has 1 aliphatic rings. The quantitative estimate of drug-likeness (QED) is 0.847. The van der Waals surface area contributed by atoms with Crippen LogP contribution in [0.1, 0.15) is 36.5 Å². The first kappa shape index (κ1) is 16.8. The molecule has 0 bridgehead atoms. The topological polar surface area (TPSA) is 32.3 Å². The third-order valence-corrected chi connectivity index (χ3v) is 4.69. The molecule has 1 heterocycles. The van der Waals surface area contributed by atoms with Crippen LogP contribution in [0.15, 0.2) is 22.7 Å². The van der Waals surface area contributed by atoms with Crippen molar-refractivity contribution in [3.8, 4) is 0 Å². The molecular weight excluding hydrogens is 352 g/mol. The zero-order valence-corrected chi connectivity index (χ0v) is 14.7. The number of carbonyl (C=O) groups excluding carboxylic acids is 1. The van der Waals surface area contributed by atoms with Crippen LogP contribution in [0.3, 0.4) is 0 Å². The van der Waals surface area contributed by atoms with Gasteiger partial charge >= 0.3 is 0 Å². The first-order chi connectivity index (χ1) is 10.1. The van der Waals surface area contributed by atoms with E-state index in [4.69, 9.17) is 11.6 Å². The third kappa shape index (κ3) is 4.70. The van der Waals surface area contributed by atoms with Crippen LogP contribution in [0.2, 0.25) is 5.02 Å². The molecular formula is C16H22BrClN2O. The lowest BCUT2D eigenvalue weighted by molar-refractivity contribution is 0.0716. The van der Waals surface area contributed by atoms with Gasteiger partial charge in [0.25, 0.3) is 5.91 Å². The Morgan fingerprint density at radius 2 is 2.14 bits per heavy atom. The fraction of sp³-hybridized carbons (Fsp3) is 0.562. The van der Waals surface area contributed by atoms with Crippen LogP contribution in [0.25, 0.3) is 0 Å². The second-order valence-electron chi connectivity index (χ2n) is 5.57. The van der Waals surface area contributed by atoms with Crippen LogP contribution in [-0.2, 0) is 0 Å². The maximum Gasteiger partial charge on any atom is 0.255 e. The average molecular weight is 374 g/mol. The van der Waals surface area contributed by atoms with Crippen molar-refractivity contribution in [2.45, 2.75) is 26.2 Å². The van der Waals surface area contributed by atoms with E-state index in [-0.39, 0.29) is 5.91 Å². The van der Waals surface area contributed by atoms with Gasteiger partial charge in [-0.05, 0) is 56.5 Å². The summed E-state index contributed by atoms with van der Waals surface area (Å²) in [5.41, 5.74) is 0.599. The van der Waals surface area contributed by atoms with E-state index in [1.54, 1.807) is 12.1 Å². The van der Waals surface area contributed by atoms with Crippen molar-refractivity contribution in [1.29, 1.82) is 0 Å². The van der Waals surface area contributed by atoms with Gasteiger partial charge in [0.15, 0.2) is 0 Å². The normalized spacial score (nSPS) is 16.0. The lowest BCUT2D eigenvalue weighted by Gasteiger charge is -2.30. The van der Waals surface area contributed by atoms with Crippen LogP contribution in [-0.4, -0.2) is 37.0 Å². The Hall–Kier alpha value is -0.580. The molecule has 1 N–H and O–H groups in total. The standard InChI is InChI=1S/C16H22BrClN2O/c1-2-9-20(11-12-5-7-19-8-6-12)16(21)14-4-3-13(17)10-15(14)18/h3-4,10,12,19H,2,5-9,11H2,1H3. The molecule has 0 radical (unpaired) electrons. The minimum Gasteiger partial charge on any atom is -0.338 e. The molecule has 0 spiro atoms. The number of halogens is 2. The zero-order chi connectivity index (χ0) is 15.2. The predicted octanol–water partition coefficient (Wildman–Crippen LogP) is 3.95. The number of nitrogens with one attached hydrogen (secondary N) is 1. The fourth-order valence-corrected chi connectivity index (χ4v) is 3.51. The van der Waals surface area contributed by atoms with E-state index in [1.807, 2.05) is 11.0 Å². The first-order valence-electron chi connectivity index (χ1n) is 7.57. The van der Waals surface area contributed by atoms with Gasteiger partial charge in [0.2, 0.25) is 0 Å². The van der Waals surface area contributed by atoms with Gasteiger partial charge in [-0.1, -0.05) is 34.5 Å². The summed E-state index contributed by atoms with van der Waals surface area (Å²) in [6.07, 6.45) is 3.24. The number of piperidine rings is 1. The molecule has 1 aromatic carbocycles. The molecule has 0 aromatic heterocycles. The molecule has 0 unspecified atom stereocenters. The van der Waals surface area contributed by atoms with Gasteiger partial charge in [0.05, 0.1) is 10.6 Å². The maximum absolute atomic E-state index is 12.8. The zero-order valence-electron chi connectivity index (χ0n) is 12.4. The summed E-state index contributed by atoms with van der Waals surface area (Å²) >= 11 is 9.60. The molecule has 1 aliphatic heterocycles. The van der Waals surface area contributed by atoms with Gasteiger partial charge in [-0.3, -0.25) is 4.79 Å². The highest BCUT2D eigenvalue weighted by atomic mass is 79.9. The molecule has 3 nitrogen and oxygen atoms in total. The Morgan fingerprint density at radius 1 is 1.43 bits per heavy atom. The van der Waals surface area contributed by atoms with Crippen LogP contribution in [0.4, 0.5) is 0 Å². The SMILES string of the molecule is CCCN(CC1CCNCC1)C(=O)c1ccc(Br)cc1Cl. The minimum atomic E-state index is 0.0490. The van der Waals surface area contributed by atoms with Crippen molar-refractivity contribution in [2.75, 3.05) is 26.2 Å². The number of amides is 1. The van der Waals surface area contributed by atoms with E-state index in [2.05, 4.69) is 28.2 Å². The number of nitrogens with zero attached hydrogens (tertiary/aromatic N) is 1. The summed E-state index contributed by atoms with van der Waals surface area (Å²) < 4.78 is 0.893. The van der Waals surface area contributed by atoms with E-state index in [1.165, 1.54) is 0 Å². The summed E-state index contributed by atoms with van der Waals surface area (Å²) in [7, 11) is 0. The number of hydrogen-bond acceptors (Lipinski definition) is 2. The number of carbonyl (C=O) groups is 1. The van der Waals surface area contributed by atoms with E-state index < -0.39 is 0 Å². The summed E-state index contributed by atoms with van der Waals surface area (Å²) in [5.74, 6) is 0.642. The van der Waals surface area contributed by atoms with E-state index in [0.29, 0.717) is 16.5 Å². The largest absolute Gasteiger partial charge is 0.338 e. The lowest BCUT2D eigenvalue weighted by atomic mass is 9.97. The minimum absolute atomic E-state index is 0.0490. The van der Waals surface area contributed by atoms with E-state index in [0.717, 1.165) is 49.9 Å². The summed E-state index contributed by atoms with van der Waals surface area (Å²) in [4.78, 5) is 14.7. The van der Waals surface area contributed by atoms with Crippen LogP contribution < -0.4 is 5.32 Å². The van der Waals surface area contributed by atoms with Crippen LogP contribution in [0.5, 0.6) is 0 Å². The van der Waals surface area contributed by atoms with E-state index in [9.17, 15) is 4.79 Å². The molecule has 0 atom stereocenters. The highest BCUT2D eigenvalue weighted by Crippen LogP contribution is 2.24. The first-order valence-corrected chi connectivity index (χ1v) is 8.74. The second kappa shape index (κ2) is 8.16. The molecule has 5 heteroatoms. The summed E-state index contributed by atoms with van der Waals surface area (Å²) in [6, 6.07) is 5.46. The van der Waals surface area contributed by atoms with Gasteiger partial charge < -0.3 is 10.2 Å². The fourth-order valence-electron chi connectivity index (χ4n) is 2.75. The Balaban J connectivity index is 2.10. The van der Waals surface area contributed by atoms with Crippen molar-refractivity contribution in [3.05, 3.63) is 33.3 Å². The Bertz CT molecular complexity index is 489. The molecule has 2 rings (SSSR count). The van der Waals surface area contributed by atoms with E-state index >= 15 is 0 Å². The lowest BCUT2D eigenvalue weighted by Crippen LogP contribution is -2.39. The molecule has 1 fully saturated rings. The summed E-state index contributed by atoms with van der Waals surface area (Å²) in [5, 5.41) is 3.88. The number of hydrogen-bond donors (Lipinski definition) is 1. The Kier molecular flexibility index (Phi) is 6.52. The van der Waals surface area contributed by atoms with Crippen molar-refractivity contribution in [1.82, 2.24) is 10.2 Å². The molecule has 1 aromatic rings. The number of benzene rings is 1. The highest BCUT2D eigenvalue weighted by molar-refractivity contribution is 9.10. The average Bonchev–Trinajstić information content (AvgIpc) is 2.47. The van der Waals surface area contributed by atoms with Crippen molar-refractivity contribution < 1.29 is 4.79 Å². The molecule has 21 heavy (non-hydrogen) atoms. The Labute approximate surface area is 140 Å². The molecule has 1 amide bonds. The highest BCUT2D eigenvalue weighted by Gasteiger charge is 2.22. The second-order valence-corrected chi connectivity index (χ2v) is 6.89. The smallest absolute Gasteiger partial charge is 0.255 e. The third-order valence-electron chi connectivity index (χ3n) is 3.88. The van der Waals surface area contributed by atoms with Crippen molar-refractivity contribution in [3.63, 3.8) is 0 Å². The van der Waals surface area contributed by atoms with Gasteiger partial charge in [0, 0.05) is 17.6 Å². The van der Waals surface area contributed by atoms with Crippen LogP contribution in [0, 0.1) is 5.92 Å². The maximum atomic E-state index is 12.8. The summed E-state index contributed by atoms with van der Waals surface area (Å²) in [6.45, 7) is 5.83. The molecule has 0 saturated carbocycles. The molecule has 0 aliphatic carbocycles. The molecule has 116 valence electrons.